The van der Waals surface area contributed by atoms with Crippen molar-refractivity contribution in [1.29, 1.82) is 0 Å². The second kappa shape index (κ2) is 11.3. The Balaban J connectivity index is 0. The molecule has 0 N–H and O–H groups in total. The molecule has 53 valence electrons. The Kier molecular flexibility index (Phi) is 15.4. The van der Waals surface area contributed by atoms with Crippen LogP contribution < -0.4 is 0 Å². The van der Waals surface area contributed by atoms with Gasteiger partial charge in [-0.2, -0.15) is 18.2 Å². The van der Waals surface area contributed by atoms with Crippen LogP contribution in [0.25, 0.3) is 0 Å². The van der Waals surface area contributed by atoms with Crippen molar-refractivity contribution in [2.75, 3.05) is 0 Å². The Hall–Kier alpha value is 0.514. The third-order valence-electron chi connectivity index (χ3n) is 0.556. The molecular formula is C6H8Cl2V-2. The Bertz CT molecular complexity index is 78.0. The number of halogens is 2. The second-order valence-corrected chi connectivity index (χ2v) is 3.33. The molecule has 0 saturated heterocycles. The molecule has 0 aliphatic carbocycles. The van der Waals surface area contributed by atoms with Crippen LogP contribution in [-0.2, 0) is 14.4 Å². The van der Waals surface area contributed by atoms with Crippen LogP contribution in [0.3, 0.4) is 0 Å². The van der Waals surface area contributed by atoms with Crippen molar-refractivity contribution >= 4 is 19.7 Å². The van der Waals surface area contributed by atoms with Gasteiger partial charge in [0.1, 0.15) is 0 Å². The summed E-state index contributed by atoms with van der Waals surface area (Å²) in [7, 11) is 9.72. The summed E-state index contributed by atoms with van der Waals surface area (Å²) in [4.78, 5) is 0. The van der Waals surface area contributed by atoms with Gasteiger partial charge in [0.2, 0.25) is 0 Å². The summed E-state index contributed by atoms with van der Waals surface area (Å²) in [5.74, 6) is 0. The molecule has 0 spiro atoms. The van der Waals surface area contributed by atoms with E-state index in [-0.39, 0.29) is 21.8 Å². The summed E-state index contributed by atoms with van der Waals surface area (Å²) in [6.07, 6.45) is 0. The minimum Gasteiger partial charge on any atom is -0.214 e. The van der Waals surface area contributed by atoms with Crippen molar-refractivity contribution < 1.29 is 14.4 Å². The van der Waals surface area contributed by atoms with Crippen LogP contribution in [0.5, 0.6) is 0 Å². The molecule has 0 aliphatic rings. The fraction of sp³-hybridized carbons (Fsp3) is 0. The van der Waals surface area contributed by atoms with Gasteiger partial charge in [0.15, 0.2) is 0 Å². The third-order valence-corrected chi connectivity index (χ3v) is 0.556. The Morgan fingerprint density at radius 1 is 1.11 bits per heavy atom. The van der Waals surface area contributed by atoms with Crippen molar-refractivity contribution in [2.45, 2.75) is 0 Å². The molecule has 0 nitrogen and oxygen atoms in total. The standard InChI is InChI=1S/C5H5.CH3.2ClH.V/c1-2-4-5-3-1;;;;/h1-5H;1H3;2*1H;/q2*-1;;;+2/p-2. The zero-order valence-electron chi connectivity index (χ0n) is 5.09. The number of hydrogen-bond acceptors (Lipinski definition) is 0. The quantitative estimate of drug-likeness (QED) is 0.566. The first kappa shape index (κ1) is 12.2. The van der Waals surface area contributed by atoms with Gasteiger partial charge in [-0.3, -0.25) is 0 Å². The van der Waals surface area contributed by atoms with Crippen LogP contribution in [-0.4, -0.2) is 0 Å². The van der Waals surface area contributed by atoms with Crippen molar-refractivity contribution in [3.8, 4) is 0 Å². The smallest absolute Gasteiger partial charge is 0.172 e. The van der Waals surface area contributed by atoms with E-state index >= 15 is 0 Å². The molecule has 0 aliphatic heterocycles. The van der Waals surface area contributed by atoms with Crippen LogP contribution >= 0.6 is 19.7 Å². The molecule has 0 saturated carbocycles. The zero-order chi connectivity index (χ0) is 6.24. The van der Waals surface area contributed by atoms with Crippen molar-refractivity contribution in [3.63, 3.8) is 0 Å². The van der Waals surface area contributed by atoms with Gasteiger partial charge in [-0.15, -0.1) is 0 Å². The molecule has 1 rings (SSSR count). The van der Waals surface area contributed by atoms with E-state index in [2.05, 4.69) is 0 Å². The van der Waals surface area contributed by atoms with Gasteiger partial charge < -0.3 is 7.43 Å². The van der Waals surface area contributed by atoms with Crippen LogP contribution in [0.2, 0.25) is 0 Å². The molecule has 0 fully saturated rings. The summed E-state index contributed by atoms with van der Waals surface area (Å²) < 4.78 is 0. The van der Waals surface area contributed by atoms with Crippen LogP contribution in [0.1, 0.15) is 0 Å². The van der Waals surface area contributed by atoms with Gasteiger partial charge in [0.05, 0.1) is 0 Å². The maximum absolute atomic E-state index is 4.86. The predicted molar refractivity (Wildman–Crippen MR) is 40.2 cm³/mol. The van der Waals surface area contributed by atoms with Crippen molar-refractivity contribution in [3.05, 3.63) is 37.8 Å². The average molecular weight is 202 g/mol. The van der Waals surface area contributed by atoms with E-state index in [1.165, 1.54) is 0 Å². The van der Waals surface area contributed by atoms with E-state index in [1.54, 1.807) is 0 Å². The fourth-order valence-corrected chi connectivity index (χ4v) is 0.321. The number of hydrogen-bond donors (Lipinski definition) is 0. The Morgan fingerprint density at radius 3 is 1.56 bits per heavy atom. The van der Waals surface area contributed by atoms with E-state index in [1.807, 2.05) is 30.3 Å². The monoisotopic (exact) mass is 201 g/mol. The molecule has 0 bridgehead atoms. The molecule has 1 aromatic rings. The maximum atomic E-state index is 4.86. The minimum atomic E-state index is -0.368. The van der Waals surface area contributed by atoms with E-state index in [0.29, 0.717) is 0 Å². The topological polar surface area (TPSA) is 0 Å². The predicted octanol–water partition coefficient (Wildman–Crippen LogP) is 3.23. The molecule has 0 heterocycles. The first-order valence-electron chi connectivity index (χ1n) is 2.00. The first-order chi connectivity index (χ1) is 3.91. The van der Waals surface area contributed by atoms with Gasteiger partial charge in [0, 0.05) is 0 Å². The normalized spacial score (nSPS) is 6.00. The van der Waals surface area contributed by atoms with Gasteiger partial charge in [-0.25, -0.2) is 12.1 Å². The summed E-state index contributed by atoms with van der Waals surface area (Å²) in [6.45, 7) is 0. The van der Waals surface area contributed by atoms with Crippen molar-refractivity contribution in [1.82, 2.24) is 0 Å². The zero-order valence-corrected chi connectivity index (χ0v) is 8.00. The van der Waals surface area contributed by atoms with E-state index in [4.69, 9.17) is 19.7 Å². The fourth-order valence-electron chi connectivity index (χ4n) is 0.321. The summed E-state index contributed by atoms with van der Waals surface area (Å²) >= 11 is -0.368. The molecule has 0 unspecified atom stereocenters. The molecule has 0 atom stereocenters. The maximum Gasteiger partial charge on any atom is -0.172 e. The minimum absolute atomic E-state index is 0. The Morgan fingerprint density at radius 2 is 1.44 bits per heavy atom. The number of rotatable bonds is 0. The molecule has 9 heavy (non-hydrogen) atoms. The van der Waals surface area contributed by atoms with Crippen LogP contribution in [0.4, 0.5) is 0 Å². The molecule has 0 aromatic heterocycles. The molecule has 0 radical (unpaired) electrons. The summed E-state index contributed by atoms with van der Waals surface area (Å²) in [5, 5.41) is 0. The van der Waals surface area contributed by atoms with Gasteiger partial charge in [-0.05, 0) is 0 Å². The SMILES string of the molecule is [CH3-].[Cl][V][Cl].c1cc[cH-]c1. The third kappa shape index (κ3) is 11.9. The largest absolute Gasteiger partial charge is 0.214 e. The van der Waals surface area contributed by atoms with Gasteiger partial charge in [0.25, 0.3) is 0 Å². The van der Waals surface area contributed by atoms with Gasteiger partial charge >= 0.3 is 34.1 Å². The van der Waals surface area contributed by atoms with Crippen molar-refractivity contribution in [2.24, 2.45) is 0 Å². The van der Waals surface area contributed by atoms with Crippen LogP contribution in [0, 0.1) is 7.43 Å². The van der Waals surface area contributed by atoms with E-state index < -0.39 is 0 Å². The first-order valence-corrected chi connectivity index (χ1v) is 5.85. The summed E-state index contributed by atoms with van der Waals surface area (Å²) in [6, 6.07) is 10.0. The molecule has 1 aromatic carbocycles. The van der Waals surface area contributed by atoms with Gasteiger partial charge in [-0.1, -0.05) is 0 Å². The van der Waals surface area contributed by atoms with E-state index in [0.717, 1.165) is 0 Å². The van der Waals surface area contributed by atoms with E-state index in [9.17, 15) is 0 Å². The second-order valence-electron chi connectivity index (χ2n) is 1.03. The average Bonchev–Trinajstić information content (AvgIpc) is 2.17. The molecule has 3 heteroatoms. The molecular weight excluding hydrogens is 194 g/mol. The Labute approximate surface area is 71.8 Å². The summed E-state index contributed by atoms with van der Waals surface area (Å²) in [5.41, 5.74) is 0. The van der Waals surface area contributed by atoms with Crippen LogP contribution in [0.15, 0.2) is 30.3 Å². The molecule has 0 amide bonds.